The lowest BCUT2D eigenvalue weighted by molar-refractivity contribution is -0.159. The molecule has 0 heterocycles. The topological polar surface area (TPSA) is 71.1 Å². The van der Waals surface area contributed by atoms with Gasteiger partial charge in [-0.1, -0.05) is 6.58 Å². The van der Waals surface area contributed by atoms with Crippen LogP contribution in [0.5, 0.6) is 0 Å². The van der Waals surface area contributed by atoms with Gasteiger partial charge in [0, 0.05) is 18.4 Å². The number of hydrogen-bond donors (Lipinski definition) is 0. The van der Waals surface area contributed by atoms with Gasteiger partial charge in [-0.2, -0.15) is 0 Å². The molecule has 0 fully saturated rings. The van der Waals surface area contributed by atoms with Crippen LogP contribution in [0.15, 0.2) is 47.7 Å². The first-order chi connectivity index (χ1) is 12.5. The van der Waals surface area contributed by atoms with E-state index in [9.17, 15) is 9.59 Å². The molecular formula is C20H26O6. The molecule has 2 rings (SSSR count). The Morgan fingerprint density at radius 2 is 1.65 bits per heavy atom. The maximum absolute atomic E-state index is 12.1. The fourth-order valence-electron chi connectivity index (χ4n) is 2.47. The molecule has 0 saturated heterocycles. The van der Waals surface area contributed by atoms with Crippen LogP contribution in [-0.2, 0) is 28.5 Å². The third-order valence-electron chi connectivity index (χ3n) is 3.93. The van der Waals surface area contributed by atoms with Gasteiger partial charge in [0.1, 0.15) is 6.26 Å². The molecule has 2 aliphatic carbocycles. The normalized spacial score (nSPS) is 16.8. The highest BCUT2D eigenvalue weighted by Crippen LogP contribution is 2.25. The zero-order valence-electron chi connectivity index (χ0n) is 15.4. The summed E-state index contributed by atoms with van der Waals surface area (Å²) in [7, 11) is 0. The van der Waals surface area contributed by atoms with Crippen molar-refractivity contribution in [2.75, 3.05) is 6.61 Å². The minimum atomic E-state index is -0.682. The average molecular weight is 362 g/mol. The largest absolute Gasteiger partial charge is 0.456 e. The van der Waals surface area contributed by atoms with Crippen molar-refractivity contribution in [3.8, 4) is 0 Å². The molecule has 0 atom stereocenters. The van der Waals surface area contributed by atoms with Crippen LogP contribution < -0.4 is 0 Å². The third kappa shape index (κ3) is 6.43. The molecule has 0 unspecified atom stereocenters. The Morgan fingerprint density at radius 3 is 2.12 bits per heavy atom. The van der Waals surface area contributed by atoms with E-state index in [1.54, 1.807) is 0 Å². The molecule has 0 aromatic carbocycles. The molecule has 26 heavy (non-hydrogen) atoms. The second-order valence-electron chi connectivity index (χ2n) is 6.38. The van der Waals surface area contributed by atoms with E-state index in [1.807, 2.05) is 12.2 Å². The summed E-state index contributed by atoms with van der Waals surface area (Å²) >= 11 is 0. The number of esters is 2. The van der Waals surface area contributed by atoms with Crippen molar-refractivity contribution in [1.29, 1.82) is 0 Å². The molecule has 6 nitrogen and oxygen atoms in total. The highest BCUT2D eigenvalue weighted by atomic mass is 16.7. The van der Waals surface area contributed by atoms with Gasteiger partial charge in [-0.25, -0.2) is 9.59 Å². The minimum absolute atomic E-state index is 0.0485. The fourth-order valence-corrected chi connectivity index (χ4v) is 2.47. The Balaban J connectivity index is 1.87. The molecule has 6 heteroatoms. The maximum Gasteiger partial charge on any atom is 0.337 e. The maximum atomic E-state index is 12.1. The first kappa shape index (κ1) is 19.8. The van der Waals surface area contributed by atoms with E-state index >= 15 is 0 Å². The van der Waals surface area contributed by atoms with E-state index in [2.05, 4.69) is 6.58 Å². The molecule has 2 aliphatic rings. The van der Waals surface area contributed by atoms with Crippen molar-refractivity contribution in [3.05, 3.63) is 47.7 Å². The van der Waals surface area contributed by atoms with Crippen molar-refractivity contribution >= 4 is 11.9 Å². The summed E-state index contributed by atoms with van der Waals surface area (Å²) in [5.41, 5.74) is 0.414. The predicted molar refractivity (Wildman–Crippen MR) is 95.4 cm³/mol. The third-order valence-corrected chi connectivity index (χ3v) is 3.93. The molecule has 142 valence electrons. The zero-order chi connectivity index (χ0) is 18.9. The molecule has 0 aliphatic heterocycles. The molecular weight excluding hydrogens is 336 g/mol. The summed E-state index contributed by atoms with van der Waals surface area (Å²) in [6.07, 6.45) is 10.3. The van der Waals surface area contributed by atoms with Gasteiger partial charge in [-0.3, -0.25) is 0 Å². The number of carbonyl (C=O) groups is 2. The summed E-state index contributed by atoms with van der Waals surface area (Å²) in [5, 5.41) is 0. The van der Waals surface area contributed by atoms with Crippen molar-refractivity contribution < 1.29 is 28.5 Å². The van der Waals surface area contributed by atoms with E-state index in [-0.39, 0.29) is 17.8 Å². The second-order valence-corrected chi connectivity index (χ2v) is 6.38. The summed E-state index contributed by atoms with van der Waals surface area (Å²) < 4.78 is 21.8. The monoisotopic (exact) mass is 362 g/mol. The summed E-state index contributed by atoms with van der Waals surface area (Å²) in [5.74, 6) is 0.542. The van der Waals surface area contributed by atoms with Crippen LogP contribution in [0.1, 0.15) is 52.4 Å². The number of carbonyl (C=O) groups excluding carboxylic acids is 2. The van der Waals surface area contributed by atoms with Gasteiger partial charge in [0.05, 0.1) is 17.1 Å². The van der Waals surface area contributed by atoms with Gasteiger partial charge in [0.2, 0.25) is 0 Å². The number of allylic oxidation sites excluding steroid dienone is 4. The minimum Gasteiger partial charge on any atom is -0.456 e. The Bertz CT molecular complexity index is 615. The van der Waals surface area contributed by atoms with E-state index in [0.29, 0.717) is 0 Å². The quantitative estimate of drug-likeness (QED) is 0.267. The lowest BCUT2D eigenvalue weighted by atomic mass is 10.3. The standard InChI is InChI=1S/C20H26O6/c1-14(2)19(21)23-12-15(3)20(22)24-13-18(25-16-8-4-5-9-16)26-17-10-6-7-11-17/h8,10,12,18H,1,4-7,9,11,13H2,2-3H3. The Morgan fingerprint density at radius 1 is 1.08 bits per heavy atom. The summed E-state index contributed by atoms with van der Waals surface area (Å²) in [6.45, 7) is 6.45. The van der Waals surface area contributed by atoms with Crippen LogP contribution in [0, 0.1) is 0 Å². The van der Waals surface area contributed by atoms with E-state index in [1.165, 1.54) is 13.8 Å². The van der Waals surface area contributed by atoms with E-state index in [0.717, 1.165) is 56.3 Å². The van der Waals surface area contributed by atoms with Gasteiger partial charge >= 0.3 is 11.9 Å². The van der Waals surface area contributed by atoms with Gasteiger partial charge in [0.25, 0.3) is 6.29 Å². The zero-order valence-corrected chi connectivity index (χ0v) is 15.4. The van der Waals surface area contributed by atoms with Gasteiger partial charge in [-0.15, -0.1) is 0 Å². The molecule has 0 radical (unpaired) electrons. The average Bonchev–Trinajstić information content (AvgIpc) is 3.30. The van der Waals surface area contributed by atoms with Crippen LogP contribution in [0.25, 0.3) is 0 Å². The molecule has 0 aromatic rings. The molecule has 0 saturated carbocycles. The number of rotatable bonds is 9. The van der Waals surface area contributed by atoms with E-state index in [4.69, 9.17) is 18.9 Å². The highest BCUT2D eigenvalue weighted by Gasteiger charge is 2.21. The van der Waals surface area contributed by atoms with Crippen LogP contribution in [0.2, 0.25) is 0 Å². The Hall–Kier alpha value is -2.50. The molecule has 0 spiro atoms. The first-order valence-electron chi connectivity index (χ1n) is 8.87. The van der Waals surface area contributed by atoms with Crippen LogP contribution in [0.3, 0.4) is 0 Å². The lowest BCUT2D eigenvalue weighted by Gasteiger charge is -2.21. The summed E-state index contributed by atoms with van der Waals surface area (Å²) in [6, 6.07) is 0. The number of hydrogen-bond acceptors (Lipinski definition) is 6. The molecule has 0 bridgehead atoms. The number of ether oxygens (including phenoxy) is 4. The van der Waals surface area contributed by atoms with Crippen molar-refractivity contribution in [3.63, 3.8) is 0 Å². The summed E-state index contributed by atoms with van der Waals surface area (Å²) in [4.78, 5) is 23.4. The molecule has 0 amide bonds. The van der Waals surface area contributed by atoms with Gasteiger partial charge < -0.3 is 18.9 Å². The van der Waals surface area contributed by atoms with Gasteiger partial charge in [-0.05, 0) is 51.7 Å². The van der Waals surface area contributed by atoms with Crippen molar-refractivity contribution in [2.45, 2.75) is 58.7 Å². The fraction of sp³-hybridized carbons (Fsp3) is 0.500. The smallest absolute Gasteiger partial charge is 0.337 e. The molecule has 0 N–H and O–H groups in total. The predicted octanol–water partition coefficient (Wildman–Crippen LogP) is 4.05. The Kier molecular flexibility index (Phi) is 7.51. The van der Waals surface area contributed by atoms with Crippen molar-refractivity contribution in [1.82, 2.24) is 0 Å². The SMILES string of the molecule is C=C(C)C(=O)OC=C(C)C(=O)OCC(OC1=CCCC1)OC1=CCCC1. The van der Waals surface area contributed by atoms with Gasteiger partial charge in [0.15, 0.2) is 6.61 Å². The van der Waals surface area contributed by atoms with Crippen LogP contribution in [-0.4, -0.2) is 24.8 Å². The second kappa shape index (κ2) is 9.85. The Labute approximate surface area is 154 Å². The van der Waals surface area contributed by atoms with E-state index < -0.39 is 18.2 Å². The van der Waals surface area contributed by atoms with Crippen molar-refractivity contribution in [2.24, 2.45) is 0 Å². The first-order valence-corrected chi connectivity index (χ1v) is 8.87. The van der Waals surface area contributed by atoms with Crippen LogP contribution in [0.4, 0.5) is 0 Å². The van der Waals surface area contributed by atoms with Crippen LogP contribution >= 0.6 is 0 Å². The highest BCUT2D eigenvalue weighted by molar-refractivity contribution is 5.90. The molecule has 0 aromatic heterocycles. The lowest BCUT2D eigenvalue weighted by Crippen LogP contribution is -2.25.